The zero-order valence-corrected chi connectivity index (χ0v) is 11.3. The van der Waals surface area contributed by atoms with Crippen LogP contribution in [-0.4, -0.2) is 10.8 Å². The van der Waals surface area contributed by atoms with Crippen molar-refractivity contribution in [2.75, 3.05) is 0 Å². The molecule has 1 heterocycles. The van der Waals surface area contributed by atoms with Crippen LogP contribution in [0.15, 0.2) is 36.5 Å². The summed E-state index contributed by atoms with van der Waals surface area (Å²) in [4.78, 5) is 16.5. The van der Waals surface area contributed by atoms with E-state index < -0.39 is 0 Å². The summed E-state index contributed by atoms with van der Waals surface area (Å²) in [6.07, 6.45) is 2.35. The van der Waals surface area contributed by atoms with Crippen LogP contribution in [0.2, 0.25) is 10.0 Å². The molecule has 0 amide bonds. The fourth-order valence-corrected chi connectivity index (χ4v) is 2.10. The van der Waals surface area contributed by atoms with Crippen molar-refractivity contribution in [1.29, 1.82) is 0 Å². The zero-order valence-electron chi connectivity index (χ0n) is 9.78. The second-order valence-corrected chi connectivity index (χ2v) is 4.66. The Morgan fingerprint density at radius 2 is 2.06 bits per heavy atom. The lowest BCUT2D eigenvalue weighted by molar-refractivity contribution is 0.103. The molecule has 0 saturated heterocycles. The van der Waals surface area contributed by atoms with Crippen molar-refractivity contribution in [2.45, 2.75) is 13.3 Å². The molecule has 0 fully saturated rings. The number of rotatable bonds is 3. The number of carbonyl (C=O) groups is 1. The number of pyridine rings is 1. The molecular formula is C14H11Cl2NO. The second-order valence-electron chi connectivity index (χ2n) is 3.82. The number of hydrogen-bond acceptors (Lipinski definition) is 2. The molecule has 0 radical (unpaired) electrons. The molecule has 0 spiro atoms. The lowest BCUT2D eigenvalue weighted by Gasteiger charge is -2.07. The van der Waals surface area contributed by atoms with Gasteiger partial charge in [0.05, 0.1) is 5.02 Å². The van der Waals surface area contributed by atoms with E-state index in [1.54, 1.807) is 24.4 Å². The Labute approximate surface area is 116 Å². The van der Waals surface area contributed by atoms with E-state index in [-0.39, 0.29) is 5.78 Å². The van der Waals surface area contributed by atoms with Gasteiger partial charge >= 0.3 is 0 Å². The fourth-order valence-electron chi connectivity index (χ4n) is 1.73. The molecule has 0 aliphatic carbocycles. The van der Waals surface area contributed by atoms with Crippen LogP contribution < -0.4 is 0 Å². The largest absolute Gasteiger partial charge is 0.287 e. The van der Waals surface area contributed by atoms with Gasteiger partial charge in [-0.2, -0.15) is 0 Å². The number of halogens is 2. The Kier molecular flexibility index (Phi) is 4.00. The predicted molar refractivity (Wildman–Crippen MR) is 73.5 cm³/mol. The molecule has 0 unspecified atom stereocenters. The van der Waals surface area contributed by atoms with Gasteiger partial charge in [-0.05, 0) is 36.2 Å². The number of nitrogens with zero attached hydrogens (tertiary/aromatic N) is 1. The molecule has 92 valence electrons. The van der Waals surface area contributed by atoms with Crippen molar-refractivity contribution in [3.8, 4) is 0 Å². The van der Waals surface area contributed by atoms with Crippen LogP contribution in [0, 0.1) is 0 Å². The maximum Gasteiger partial charge on any atom is 0.213 e. The van der Waals surface area contributed by atoms with Gasteiger partial charge in [0.25, 0.3) is 0 Å². The number of ketones is 1. The first kappa shape index (κ1) is 13.1. The van der Waals surface area contributed by atoms with Gasteiger partial charge in [0.1, 0.15) is 5.69 Å². The summed E-state index contributed by atoms with van der Waals surface area (Å²) >= 11 is 11.9. The summed E-state index contributed by atoms with van der Waals surface area (Å²) < 4.78 is 0. The summed E-state index contributed by atoms with van der Waals surface area (Å²) in [7, 11) is 0. The molecule has 4 heteroatoms. The maximum absolute atomic E-state index is 12.4. The molecule has 18 heavy (non-hydrogen) atoms. The first-order chi connectivity index (χ1) is 8.63. The minimum Gasteiger partial charge on any atom is -0.287 e. The van der Waals surface area contributed by atoms with Gasteiger partial charge in [-0.15, -0.1) is 0 Å². The third kappa shape index (κ3) is 2.55. The highest BCUT2D eigenvalue weighted by Crippen LogP contribution is 2.23. The lowest BCUT2D eigenvalue weighted by Crippen LogP contribution is -2.08. The van der Waals surface area contributed by atoms with Gasteiger partial charge in [0.15, 0.2) is 0 Å². The van der Waals surface area contributed by atoms with Crippen molar-refractivity contribution in [3.63, 3.8) is 0 Å². The second kappa shape index (κ2) is 5.51. The smallest absolute Gasteiger partial charge is 0.213 e. The van der Waals surface area contributed by atoms with Crippen LogP contribution in [0.4, 0.5) is 0 Å². The number of benzene rings is 1. The minimum atomic E-state index is -0.194. The number of carbonyl (C=O) groups excluding carboxylic acids is 1. The summed E-state index contributed by atoms with van der Waals surface area (Å²) in [5.41, 5.74) is 1.72. The van der Waals surface area contributed by atoms with Crippen molar-refractivity contribution < 1.29 is 4.79 Å². The zero-order chi connectivity index (χ0) is 13.1. The molecule has 0 N–H and O–H groups in total. The summed E-state index contributed by atoms with van der Waals surface area (Å²) in [6, 6.07) is 8.54. The molecule has 0 aliphatic rings. The highest BCUT2D eigenvalue weighted by atomic mass is 35.5. The molecule has 0 saturated carbocycles. The third-order valence-corrected chi connectivity index (χ3v) is 3.22. The minimum absolute atomic E-state index is 0.194. The van der Waals surface area contributed by atoms with Crippen molar-refractivity contribution in [3.05, 3.63) is 63.4 Å². The highest BCUT2D eigenvalue weighted by Gasteiger charge is 2.17. The van der Waals surface area contributed by atoms with E-state index in [4.69, 9.17) is 23.2 Å². The molecule has 2 rings (SSSR count). The van der Waals surface area contributed by atoms with Crippen LogP contribution in [0.3, 0.4) is 0 Å². The van der Waals surface area contributed by atoms with Crippen molar-refractivity contribution >= 4 is 29.0 Å². The van der Waals surface area contributed by atoms with Crippen molar-refractivity contribution in [1.82, 2.24) is 4.98 Å². The Bertz CT molecular complexity index is 596. The van der Waals surface area contributed by atoms with E-state index in [1.165, 1.54) is 0 Å². The Morgan fingerprint density at radius 3 is 2.78 bits per heavy atom. The van der Waals surface area contributed by atoms with Crippen LogP contribution in [0.25, 0.3) is 0 Å². The van der Waals surface area contributed by atoms with Gasteiger partial charge in [0.2, 0.25) is 5.78 Å². The molecule has 0 atom stereocenters. The Hall–Kier alpha value is -1.38. The van der Waals surface area contributed by atoms with Gasteiger partial charge in [-0.25, -0.2) is 0 Å². The summed E-state index contributed by atoms with van der Waals surface area (Å²) in [5.74, 6) is -0.194. The summed E-state index contributed by atoms with van der Waals surface area (Å²) in [6.45, 7) is 1.98. The quantitative estimate of drug-likeness (QED) is 0.789. The van der Waals surface area contributed by atoms with Crippen LogP contribution in [0.1, 0.15) is 28.5 Å². The van der Waals surface area contributed by atoms with Gasteiger partial charge in [-0.3, -0.25) is 9.78 Å². The first-order valence-corrected chi connectivity index (χ1v) is 6.32. The van der Waals surface area contributed by atoms with Gasteiger partial charge in [0, 0.05) is 16.8 Å². The molecule has 1 aromatic heterocycles. The SMILES string of the molecule is CCc1cccnc1C(=O)c1cc(Cl)ccc1Cl. The van der Waals surface area contributed by atoms with Crippen molar-refractivity contribution in [2.24, 2.45) is 0 Å². The van der Waals surface area contributed by atoms with Crippen LogP contribution in [-0.2, 0) is 6.42 Å². The van der Waals surface area contributed by atoms with Gasteiger partial charge < -0.3 is 0 Å². The average Bonchev–Trinajstić information content (AvgIpc) is 2.40. The Morgan fingerprint density at radius 1 is 1.28 bits per heavy atom. The summed E-state index contributed by atoms with van der Waals surface area (Å²) in [5, 5.41) is 0.869. The molecule has 2 nitrogen and oxygen atoms in total. The van der Waals surface area contributed by atoms with Crippen LogP contribution >= 0.6 is 23.2 Å². The Balaban J connectivity index is 2.51. The van der Waals surface area contributed by atoms with E-state index >= 15 is 0 Å². The van der Waals surface area contributed by atoms with E-state index in [1.807, 2.05) is 19.1 Å². The number of aromatic nitrogens is 1. The fraction of sp³-hybridized carbons (Fsp3) is 0.143. The molecular weight excluding hydrogens is 269 g/mol. The van der Waals surface area contributed by atoms with Crippen LogP contribution in [0.5, 0.6) is 0 Å². The average molecular weight is 280 g/mol. The lowest BCUT2D eigenvalue weighted by atomic mass is 10.0. The van der Waals surface area contributed by atoms with E-state index in [9.17, 15) is 4.79 Å². The molecule has 1 aromatic carbocycles. The van der Waals surface area contributed by atoms with E-state index in [2.05, 4.69) is 4.98 Å². The van der Waals surface area contributed by atoms with E-state index in [0.29, 0.717) is 21.3 Å². The standard InChI is InChI=1S/C14H11Cl2NO/c1-2-9-4-3-7-17-13(9)14(18)11-8-10(15)5-6-12(11)16/h3-8H,2H2,1H3. The topological polar surface area (TPSA) is 30.0 Å². The molecule has 0 bridgehead atoms. The number of aryl methyl sites for hydroxylation is 1. The van der Waals surface area contributed by atoms with E-state index in [0.717, 1.165) is 12.0 Å². The monoisotopic (exact) mass is 279 g/mol. The molecule has 0 aliphatic heterocycles. The molecule has 2 aromatic rings. The number of hydrogen-bond donors (Lipinski definition) is 0. The normalized spacial score (nSPS) is 10.4. The maximum atomic E-state index is 12.4. The third-order valence-electron chi connectivity index (χ3n) is 2.66. The van der Waals surface area contributed by atoms with Gasteiger partial charge in [-0.1, -0.05) is 36.2 Å². The highest BCUT2D eigenvalue weighted by molar-refractivity contribution is 6.36. The predicted octanol–water partition coefficient (Wildman–Crippen LogP) is 4.18. The first-order valence-electron chi connectivity index (χ1n) is 5.57.